The molecule has 0 fully saturated rings. The summed E-state index contributed by atoms with van der Waals surface area (Å²) in [4.78, 5) is 4.36. The molecule has 1 aromatic heterocycles. The molecule has 1 atom stereocenters. The highest BCUT2D eigenvalue weighted by Gasteiger charge is 2.05. The standard InChI is InChI=1S/C10H19N3O2S/c1-9-8-13(5-7-16(3)14)10(12-9)11-4-6-15-2/h8H,4-7H2,1-3H3,(H,11,12). The maximum absolute atomic E-state index is 11.0. The molecule has 0 aliphatic carbocycles. The van der Waals surface area contributed by atoms with Crippen molar-refractivity contribution in [3.8, 4) is 0 Å². The van der Waals surface area contributed by atoms with E-state index in [9.17, 15) is 4.21 Å². The monoisotopic (exact) mass is 245 g/mol. The fraction of sp³-hybridized carbons (Fsp3) is 0.700. The molecular weight excluding hydrogens is 226 g/mol. The van der Waals surface area contributed by atoms with E-state index >= 15 is 0 Å². The predicted octanol–water partition coefficient (Wildman–Crippen LogP) is 0.628. The van der Waals surface area contributed by atoms with Gasteiger partial charge in [0, 0.05) is 49.2 Å². The van der Waals surface area contributed by atoms with Crippen LogP contribution in [0, 0.1) is 6.92 Å². The Kier molecular flexibility index (Phi) is 5.48. The second-order valence-electron chi connectivity index (χ2n) is 3.60. The Hall–Kier alpha value is -0.880. The van der Waals surface area contributed by atoms with Gasteiger partial charge in [0.15, 0.2) is 0 Å². The molecule has 0 saturated heterocycles. The molecule has 6 heteroatoms. The van der Waals surface area contributed by atoms with Crippen molar-refractivity contribution in [1.82, 2.24) is 9.55 Å². The lowest BCUT2D eigenvalue weighted by atomic mass is 10.6. The van der Waals surface area contributed by atoms with Crippen LogP contribution in [0.15, 0.2) is 6.20 Å². The SMILES string of the molecule is COCCNc1nc(C)cn1CCS(C)=O. The Balaban J connectivity index is 2.56. The number of nitrogens with zero attached hydrogens (tertiary/aromatic N) is 2. The highest BCUT2D eigenvalue weighted by molar-refractivity contribution is 7.84. The van der Waals surface area contributed by atoms with Gasteiger partial charge >= 0.3 is 0 Å². The molecule has 1 N–H and O–H groups in total. The van der Waals surface area contributed by atoms with Gasteiger partial charge in [-0.1, -0.05) is 0 Å². The summed E-state index contributed by atoms with van der Waals surface area (Å²) in [5, 5.41) is 3.19. The molecule has 0 aromatic carbocycles. The zero-order valence-corrected chi connectivity index (χ0v) is 10.8. The van der Waals surface area contributed by atoms with Gasteiger partial charge in [-0.25, -0.2) is 4.98 Å². The van der Waals surface area contributed by atoms with Gasteiger partial charge in [-0.15, -0.1) is 0 Å². The van der Waals surface area contributed by atoms with E-state index in [1.54, 1.807) is 13.4 Å². The van der Waals surface area contributed by atoms with Crippen LogP contribution in [0.2, 0.25) is 0 Å². The minimum Gasteiger partial charge on any atom is -0.383 e. The van der Waals surface area contributed by atoms with Gasteiger partial charge in [0.1, 0.15) is 0 Å². The van der Waals surface area contributed by atoms with Gasteiger partial charge in [0.2, 0.25) is 5.95 Å². The molecule has 1 aromatic rings. The van der Waals surface area contributed by atoms with Crippen molar-refractivity contribution < 1.29 is 8.95 Å². The molecule has 0 aliphatic heterocycles. The van der Waals surface area contributed by atoms with E-state index in [1.807, 2.05) is 17.7 Å². The van der Waals surface area contributed by atoms with E-state index in [1.165, 1.54) is 0 Å². The van der Waals surface area contributed by atoms with Gasteiger partial charge in [-0.2, -0.15) is 0 Å². The number of imidazole rings is 1. The maximum atomic E-state index is 11.0. The molecule has 0 amide bonds. The van der Waals surface area contributed by atoms with Crippen LogP contribution in [0.4, 0.5) is 5.95 Å². The second kappa shape index (κ2) is 6.65. The van der Waals surface area contributed by atoms with Crippen LogP contribution in [0.5, 0.6) is 0 Å². The topological polar surface area (TPSA) is 56.1 Å². The van der Waals surface area contributed by atoms with Crippen LogP contribution in [-0.2, 0) is 22.1 Å². The highest BCUT2D eigenvalue weighted by Crippen LogP contribution is 2.07. The average Bonchev–Trinajstić information content (AvgIpc) is 2.56. The van der Waals surface area contributed by atoms with Crippen molar-refractivity contribution in [2.45, 2.75) is 13.5 Å². The first-order chi connectivity index (χ1) is 7.63. The number of ether oxygens (including phenoxy) is 1. The minimum atomic E-state index is -0.773. The Morgan fingerprint density at radius 3 is 3.00 bits per heavy atom. The number of hydrogen-bond donors (Lipinski definition) is 1. The average molecular weight is 245 g/mol. The van der Waals surface area contributed by atoms with Gasteiger partial charge < -0.3 is 14.6 Å². The van der Waals surface area contributed by atoms with E-state index < -0.39 is 10.8 Å². The number of aromatic nitrogens is 2. The summed E-state index contributed by atoms with van der Waals surface area (Å²) >= 11 is 0. The summed E-state index contributed by atoms with van der Waals surface area (Å²) in [7, 11) is 0.893. The van der Waals surface area contributed by atoms with E-state index in [0.29, 0.717) is 12.4 Å². The quantitative estimate of drug-likeness (QED) is 0.716. The number of anilines is 1. The molecule has 0 bridgehead atoms. The number of aryl methyl sites for hydroxylation is 2. The third-order valence-corrected chi connectivity index (χ3v) is 2.86. The van der Waals surface area contributed by atoms with E-state index in [-0.39, 0.29) is 0 Å². The van der Waals surface area contributed by atoms with Crippen LogP contribution < -0.4 is 5.32 Å². The molecule has 5 nitrogen and oxygen atoms in total. The summed E-state index contributed by atoms with van der Waals surface area (Å²) in [5.41, 5.74) is 0.960. The molecule has 0 aliphatic rings. The molecule has 0 saturated carbocycles. The third-order valence-electron chi connectivity index (χ3n) is 2.11. The van der Waals surface area contributed by atoms with Crippen molar-refractivity contribution in [3.05, 3.63) is 11.9 Å². The summed E-state index contributed by atoms with van der Waals surface area (Å²) in [6.45, 7) is 4.04. The van der Waals surface area contributed by atoms with Crippen LogP contribution in [0.25, 0.3) is 0 Å². The fourth-order valence-corrected chi connectivity index (χ4v) is 1.80. The predicted molar refractivity (Wildman–Crippen MR) is 66.3 cm³/mol. The highest BCUT2D eigenvalue weighted by atomic mass is 32.2. The van der Waals surface area contributed by atoms with E-state index in [4.69, 9.17) is 4.74 Å². The van der Waals surface area contributed by atoms with Gasteiger partial charge in [-0.05, 0) is 6.92 Å². The van der Waals surface area contributed by atoms with Gasteiger partial charge in [0.05, 0.1) is 12.3 Å². The molecule has 0 radical (unpaired) electrons. The molecule has 16 heavy (non-hydrogen) atoms. The fourth-order valence-electron chi connectivity index (χ4n) is 1.35. The zero-order valence-electron chi connectivity index (χ0n) is 10.0. The molecular formula is C10H19N3O2S. The van der Waals surface area contributed by atoms with Crippen molar-refractivity contribution in [3.63, 3.8) is 0 Å². The van der Waals surface area contributed by atoms with Crippen LogP contribution >= 0.6 is 0 Å². The Morgan fingerprint density at radius 1 is 1.62 bits per heavy atom. The molecule has 1 heterocycles. The van der Waals surface area contributed by atoms with Crippen molar-refractivity contribution in [2.24, 2.45) is 0 Å². The Morgan fingerprint density at radius 2 is 2.38 bits per heavy atom. The lowest BCUT2D eigenvalue weighted by molar-refractivity contribution is 0.210. The third kappa shape index (κ3) is 4.32. The van der Waals surface area contributed by atoms with Gasteiger partial charge in [0.25, 0.3) is 0 Å². The first kappa shape index (κ1) is 13.2. The number of hydrogen-bond acceptors (Lipinski definition) is 4. The summed E-state index contributed by atoms with van der Waals surface area (Å²) in [5.74, 6) is 1.47. The van der Waals surface area contributed by atoms with Crippen molar-refractivity contribution in [2.75, 3.05) is 37.6 Å². The maximum Gasteiger partial charge on any atom is 0.203 e. The van der Waals surface area contributed by atoms with Gasteiger partial charge in [-0.3, -0.25) is 4.21 Å². The largest absolute Gasteiger partial charge is 0.383 e. The van der Waals surface area contributed by atoms with Crippen molar-refractivity contribution in [1.29, 1.82) is 0 Å². The summed E-state index contributed by atoms with van der Waals surface area (Å²) in [6.07, 6.45) is 3.67. The first-order valence-electron chi connectivity index (χ1n) is 5.20. The molecule has 1 unspecified atom stereocenters. The number of methoxy groups -OCH3 is 1. The second-order valence-corrected chi connectivity index (χ2v) is 5.15. The lowest BCUT2D eigenvalue weighted by Crippen LogP contribution is -2.14. The van der Waals surface area contributed by atoms with Crippen LogP contribution in [-0.4, -0.2) is 46.0 Å². The molecule has 92 valence electrons. The normalized spacial score (nSPS) is 12.7. The minimum absolute atomic E-state index is 0.644. The number of nitrogens with one attached hydrogen (secondary N) is 1. The van der Waals surface area contributed by atoms with E-state index in [0.717, 1.165) is 24.7 Å². The van der Waals surface area contributed by atoms with E-state index in [2.05, 4.69) is 10.3 Å². The summed E-state index contributed by atoms with van der Waals surface area (Å²) < 4.78 is 18.0. The van der Waals surface area contributed by atoms with Crippen LogP contribution in [0.3, 0.4) is 0 Å². The zero-order chi connectivity index (χ0) is 12.0. The molecule has 0 spiro atoms. The lowest BCUT2D eigenvalue weighted by Gasteiger charge is -2.08. The van der Waals surface area contributed by atoms with Crippen molar-refractivity contribution >= 4 is 16.7 Å². The summed E-state index contributed by atoms with van der Waals surface area (Å²) in [6, 6.07) is 0. The first-order valence-corrected chi connectivity index (χ1v) is 6.93. The Bertz CT molecular complexity index is 352. The number of rotatable bonds is 7. The van der Waals surface area contributed by atoms with Crippen LogP contribution in [0.1, 0.15) is 5.69 Å². The Labute approximate surface area is 98.7 Å². The smallest absolute Gasteiger partial charge is 0.203 e. The molecule has 1 rings (SSSR count).